The van der Waals surface area contributed by atoms with Gasteiger partial charge in [-0.3, -0.25) is 9.35 Å². The number of ketones is 1. The first kappa shape index (κ1) is 17.3. The van der Waals surface area contributed by atoms with Crippen LogP contribution >= 0.6 is 0 Å². The highest BCUT2D eigenvalue weighted by Gasteiger charge is 2.16. The maximum absolute atomic E-state index is 12.0. The van der Waals surface area contributed by atoms with E-state index in [1.807, 2.05) is 0 Å². The molecule has 0 unspecified atom stereocenters. The maximum atomic E-state index is 12.0. The number of carbonyl (C=O) groups excluding carboxylic acids is 1. The van der Waals surface area contributed by atoms with Crippen molar-refractivity contribution in [1.29, 1.82) is 0 Å². The Morgan fingerprint density at radius 1 is 1.00 bits per heavy atom. The van der Waals surface area contributed by atoms with Crippen LogP contribution in [0.2, 0.25) is 0 Å². The summed E-state index contributed by atoms with van der Waals surface area (Å²) < 4.78 is 31.5. The summed E-state index contributed by atoms with van der Waals surface area (Å²) in [5, 5.41) is 5.24. The minimum Gasteiger partial charge on any atom is -0.289 e. The zero-order valence-corrected chi connectivity index (χ0v) is 12.8. The van der Waals surface area contributed by atoms with Crippen molar-refractivity contribution in [2.24, 2.45) is 10.4 Å². The summed E-state index contributed by atoms with van der Waals surface area (Å²) in [5.74, 6) is -0.390. The lowest BCUT2D eigenvalue weighted by Gasteiger charge is -2.01. The molecular formula is C15H10N2O6S. The summed E-state index contributed by atoms with van der Waals surface area (Å²) in [7, 11) is -4.62. The van der Waals surface area contributed by atoms with Gasteiger partial charge in [0.05, 0.1) is 0 Å². The Hall–Kier alpha value is -3.04. The quantitative estimate of drug-likeness (QED) is 0.368. The van der Waals surface area contributed by atoms with E-state index in [-0.39, 0.29) is 11.3 Å². The Morgan fingerprint density at radius 2 is 1.67 bits per heavy atom. The van der Waals surface area contributed by atoms with Crippen LogP contribution in [-0.4, -0.2) is 18.8 Å². The van der Waals surface area contributed by atoms with Crippen LogP contribution in [0.25, 0.3) is 6.08 Å². The van der Waals surface area contributed by atoms with Gasteiger partial charge in [-0.2, -0.15) is 8.42 Å². The van der Waals surface area contributed by atoms with E-state index in [2.05, 4.69) is 10.4 Å². The first-order chi connectivity index (χ1) is 11.3. The van der Waals surface area contributed by atoms with Crippen LogP contribution in [-0.2, 0) is 10.1 Å². The molecule has 2 aromatic carbocycles. The normalized spacial score (nSPS) is 11.4. The van der Waals surface area contributed by atoms with Crippen LogP contribution in [0.5, 0.6) is 0 Å². The van der Waals surface area contributed by atoms with Crippen LogP contribution in [0, 0.1) is 9.81 Å². The number of hydrogen-bond acceptors (Lipinski definition) is 7. The molecule has 9 heteroatoms. The van der Waals surface area contributed by atoms with Crippen molar-refractivity contribution in [3.63, 3.8) is 0 Å². The maximum Gasteiger partial charge on any atom is 0.296 e. The van der Waals surface area contributed by atoms with Gasteiger partial charge in [-0.1, -0.05) is 12.1 Å². The average molecular weight is 346 g/mol. The first-order valence-corrected chi connectivity index (χ1v) is 7.90. The van der Waals surface area contributed by atoms with Crippen molar-refractivity contribution in [3.05, 3.63) is 69.5 Å². The highest BCUT2D eigenvalue weighted by Crippen LogP contribution is 2.25. The molecule has 8 nitrogen and oxygen atoms in total. The second-order valence-electron chi connectivity index (χ2n) is 4.63. The molecule has 0 fully saturated rings. The number of rotatable bonds is 6. The van der Waals surface area contributed by atoms with Gasteiger partial charge in [-0.15, -0.1) is 9.81 Å². The highest BCUT2D eigenvalue weighted by molar-refractivity contribution is 7.86. The molecule has 0 saturated heterocycles. The summed E-state index contributed by atoms with van der Waals surface area (Å²) in [4.78, 5) is 32.2. The van der Waals surface area contributed by atoms with Crippen molar-refractivity contribution in [2.75, 3.05) is 0 Å². The van der Waals surface area contributed by atoms with E-state index in [1.54, 1.807) is 0 Å². The molecule has 24 heavy (non-hydrogen) atoms. The third kappa shape index (κ3) is 4.03. The number of carbonyl (C=O) groups is 1. The van der Waals surface area contributed by atoms with Gasteiger partial charge in [0.25, 0.3) is 10.1 Å². The van der Waals surface area contributed by atoms with E-state index in [1.165, 1.54) is 42.5 Å². The van der Waals surface area contributed by atoms with E-state index in [4.69, 9.17) is 4.55 Å². The predicted octanol–water partition coefficient (Wildman–Crippen LogP) is 3.63. The van der Waals surface area contributed by atoms with Crippen molar-refractivity contribution in [2.45, 2.75) is 4.90 Å². The molecule has 0 spiro atoms. The minimum absolute atomic E-state index is 0.185. The zero-order valence-electron chi connectivity index (χ0n) is 12.0. The highest BCUT2D eigenvalue weighted by atomic mass is 32.2. The fraction of sp³-hybridized carbons (Fsp3) is 0. The molecule has 0 heterocycles. The molecule has 0 radical (unpaired) electrons. The van der Waals surface area contributed by atoms with Gasteiger partial charge < -0.3 is 0 Å². The molecule has 0 aliphatic rings. The van der Waals surface area contributed by atoms with Gasteiger partial charge in [-0.05, 0) is 58.4 Å². The second-order valence-corrected chi connectivity index (χ2v) is 6.02. The molecule has 0 saturated carbocycles. The molecule has 2 rings (SSSR count). The van der Waals surface area contributed by atoms with Crippen molar-refractivity contribution in [1.82, 2.24) is 0 Å². The van der Waals surface area contributed by atoms with Gasteiger partial charge in [-0.25, -0.2) is 0 Å². The molecule has 0 bridgehead atoms. The number of allylic oxidation sites excluding steroid dienone is 1. The Morgan fingerprint density at radius 3 is 2.21 bits per heavy atom. The van der Waals surface area contributed by atoms with Gasteiger partial charge in [0.15, 0.2) is 5.78 Å². The standard InChI is InChI=1S/C15H10N2O6S/c18-14(11-3-5-12(16-19)6-4-11)8-2-10-1-7-13(17-20)15(9-10)24(21,22)23/h1-9H,(H,21,22,23)/b8-2+. The molecular weight excluding hydrogens is 336 g/mol. The summed E-state index contributed by atoms with van der Waals surface area (Å²) in [6, 6.07) is 9.12. The summed E-state index contributed by atoms with van der Waals surface area (Å²) in [6.07, 6.45) is 2.50. The lowest BCUT2D eigenvalue weighted by molar-refractivity contribution is 0.104. The fourth-order valence-corrected chi connectivity index (χ4v) is 2.53. The molecule has 2 aromatic rings. The molecule has 1 N–H and O–H groups in total. The molecule has 0 aliphatic carbocycles. The topological polar surface area (TPSA) is 130 Å². The third-order valence-corrected chi connectivity index (χ3v) is 3.93. The number of nitrogens with zero attached hydrogens (tertiary/aromatic N) is 2. The van der Waals surface area contributed by atoms with E-state index in [0.717, 1.165) is 12.1 Å². The van der Waals surface area contributed by atoms with Crippen LogP contribution in [0.15, 0.2) is 63.8 Å². The average Bonchev–Trinajstić information content (AvgIpc) is 2.58. The summed E-state index contributed by atoms with van der Waals surface area (Å²) >= 11 is 0. The Balaban J connectivity index is 2.29. The van der Waals surface area contributed by atoms with E-state index < -0.39 is 26.5 Å². The van der Waals surface area contributed by atoms with Gasteiger partial charge in [0.2, 0.25) is 0 Å². The van der Waals surface area contributed by atoms with Gasteiger partial charge in [0.1, 0.15) is 16.3 Å². The molecule has 0 aliphatic heterocycles. The van der Waals surface area contributed by atoms with E-state index >= 15 is 0 Å². The predicted molar refractivity (Wildman–Crippen MR) is 87.0 cm³/mol. The number of benzene rings is 2. The van der Waals surface area contributed by atoms with Crippen LogP contribution in [0.4, 0.5) is 11.4 Å². The van der Waals surface area contributed by atoms with E-state index in [0.29, 0.717) is 5.56 Å². The van der Waals surface area contributed by atoms with Crippen LogP contribution in [0.3, 0.4) is 0 Å². The summed E-state index contributed by atoms with van der Waals surface area (Å²) in [5.41, 5.74) is 0.331. The number of hydrogen-bond donors (Lipinski definition) is 1. The van der Waals surface area contributed by atoms with Crippen LogP contribution < -0.4 is 0 Å². The first-order valence-electron chi connectivity index (χ1n) is 6.46. The second kappa shape index (κ2) is 7.02. The smallest absolute Gasteiger partial charge is 0.289 e. The van der Waals surface area contributed by atoms with Gasteiger partial charge >= 0.3 is 0 Å². The number of nitroso groups, excluding NO2 is 2. The van der Waals surface area contributed by atoms with Gasteiger partial charge in [0, 0.05) is 5.56 Å². The van der Waals surface area contributed by atoms with Crippen molar-refractivity contribution < 1.29 is 17.8 Å². The molecule has 0 atom stereocenters. The fourth-order valence-electron chi connectivity index (χ4n) is 1.87. The van der Waals surface area contributed by atoms with E-state index in [9.17, 15) is 23.0 Å². The van der Waals surface area contributed by atoms with Crippen molar-refractivity contribution in [3.8, 4) is 0 Å². The largest absolute Gasteiger partial charge is 0.296 e. The minimum atomic E-state index is -4.62. The lowest BCUT2D eigenvalue weighted by Crippen LogP contribution is -1.99. The Kier molecular flexibility index (Phi) is 5.07. The van der Waals surface area contributed by atoms with Crippen LogP contribution in [0.1, 0.15) is 15.9 Å². The SMILES string of the molecule is O=Nc1ccc(C(=O)/C=C/c2ccc(N=O)c(S(=O)(=O)O)c2)cc1. The lowest BCUT2D eigenvalue weighted by atomic mass is 10.1. The Bertz CT molecular complexity index is 933. The Labute approximate surface area is 136 Å². The summed E-state index contributed by atoms with van der Waals surface area (Å²) in [6.45, 7) is 0. The monoisotopic (exact) mass is 346 g/mol. The molecule has 0 aromatic heterocycles. The molecule has 122 valence electrons. The van der Waals surface area contributed by atoms with Crippen molar-refractivity contribution >= 4 is 33.4 Å². The zero-order chi connectivity index (χ0) is 17.7. The third-order valence-electron chi connectivity index (χ3n) is 3.04. The molecule has 0 amide bonds.